The fourth-order valence-corrected chi connectivity index (χ4v) is 2.37. The number of ether oxygens (including phenoxy) is 1. The van der Waals surface area contributed by atoms with Gasteiger partial charge in [-0.25, -0.2) is 9.18 Å². The van der Waals surface area contributed by atoms with Crippen molar-refractivity contribution >= 4 is 23.8 Å². The second-order valence-corrected chi connectivity index (χ2v) is 7.50. The highest BCUT2D eigenvalue weighted by Gasteiger charge is 2.39. The summed E-state index contributed by atoms with van der Waals surface area (Å²) in [7, 11) is 1.48. The van der Waals surface area contributed by atoms with Gasteiger partial charge in [-0.1, -0.05) is 5.10 Å². The number of rotatable bonds is 9. The van der Waals surface area contributed by atoms with Crippen LogP contribution in [0.5, 0.6) is 0 Å². The van der Waals surface area contributed by atoms with Crippen molar-refractivity contribution in [3.05, 3.63) is 0 Å². The van der Waals surface area contributed by atoms with Gasteiger partial charge in [0.15, 0.2) is 0 Å². The first kappa shape index (κ1) is 23.2. The number of likely N-dealkylation sites (N-methyl/N-ethyl adjacent to an activating group) is 1. The lowest BCUT2D eigenvalue weighted by Crippen LogP contribution is -2.58. The summed E-state index contributed by atoms with van der Waals surface area (Å²) in [4.78, 5) is 30.4. The van der Waals surface area contributed by atoms with Gasteiger partial charge in [-0.3, -0.25) is 14.7 Å². The molecular weight excluding hydrogens is 371 g/mol. The Morgan fingerprint density at radius 3 is 2.54 bits per heavy atom. The van der Waals surface area contributed by atoms with Crippen LogP contribution in [0.2, 0.25) is 0 Å². The molecule has 11 nitrogen and oxygen atoms in total. The molecule has 0 bridgehead atoms. The third-order valence-corrected chi connectivity index (χ3v) is 3.72. The molecule has 0 saturated heterocycles. The summed E-state index contributed by atoms with van der Waals surface area (Å²) in [6.45, 7) is 6.30. The zero-order valence-corrected chi connectivity index (χ0v) is 17.0. The fraction of sp³-hybridized carbons (Fsp3) is 0.750. The molecule has 1 unspecified atom stereocenters. The van der Waals surface area contributed by atoms with Crippen molar-refractivity contribution in [1.82, 2.24) is 25.9 Å². The molecule has 1 aromatic heterocycles. The number of halogens is 1. The number of nitrogens with two attached hydrogens (primary N) is 1. The van der Waals surface area contributed by atoms with Crippen LogP contribution in [0, 0.1) is 0 Å². The molecule has 28 heavy (non-hydrogen) atoms. The Morgan fingerprint density at radius 2 is 2.00 bits per heavy atom. The normalized spacial score (nSPS) is 14.3. The molecular formula is C16H29FN8O3. The number of anilines is 1. The third kappa shape index (κ3) is 7.45. The Bertz CT molecular complexity index is 674. The number of amidine groups is 1. The van der Waals surface area contributed by atoms with Gasteiger partial charge < -0.3 is 15.8 Å². The van der Waals surface area contributed by atoms with E-state index < -0.39 is 29.8 Å². The summed E-state index contributed by atoms with van der Waals surface area (Å²) in [5.74, 6) is -0.434. The van der Waals surface area contributed by atoms with Gasteiger partial charge in [0.05, 0.1) is 0 Å². The second kappa shape index (κ2) is 9.95. The van der Waals surface area contributed by atoms with E-state index in [1.54, 1.807) is 27.7 Å². The molecule has 0 spiro atoms. The van der Waals surface area contributed by atoms with E-state index in [1.165, 1.54) is 11.9 Å². The average molecular weight is 400 g/mol. The van der Waals surface area contributed by atoms with Crippen molar-refractivity contribution in [3.63, 3.8) is 0 Å². The number of alkyl halides is 1. The zero-order chi connectivity index (χ0) is 21.4. The molecule has 0 aliphatic heterocycles. The summed E-state index contributed by atoms with van der Waals surface area (Å²) in [6, 6.07) is 0. The molecule has 2 amide bonds. The molecule has 4 N–H and O–H groups in total. The number of carbonyl (C=O) groups is 2. The number of H-pyrrole nitrogens is 1. The lowest BCUT2D eigenvalue weighted by atomic mass is 9.93. The van der Waals surface area contributed by atoms with Gasteiger partial charge in [0, 0.05) is 13.6 Å². The van der Waals surface area contributed by atoms with Crippen molar-refractivity contribution in [2.24, 2.45) is 10.7 Å². The predicted molar refractivity (Wildman–Crippen MR) is 102 cm³/mol. The van der Waals surface area contributed by atoms with Gasteiger partial charge in [0.1, 0.15) is 23.7 Å². The number of amides is 2. The monoisotopic (exact) mass is 400 g/mol. The molecule has 12 heteroatoms. The first-order valence-corrected chi connectivity index (χ1v) is 8.86. The highest BCUT2D eigenvalue weighted by molar-refractivity contribution is 6.00. The quantitative estimate of drug-likeness (QED) is 0.317. The SMILES string of the molecule is CN(C(=O)C(C)(CCCCN=C(N)CF)NC(=O)OC(C)(C)C)c1nn[nH]n1. The van der Waals surface area contributed by atoms with E-state index in [0.717, 1.165) is 0 Å². The number of hydrogen-bond donors (Lipinski definition) is 3. The zero-order valence-electron chi connectivity index (χ0n) is 17.0. The Labute approximate surface area is 163 Å². The molecule has 1 aromatic rings. The molecule has 0 aliphatic rings. The van der Waals surface area contributed by atoms with Crippen LogP contribution in [0.15, 0.2) is 4.99 Å². The van der Waals surface area contributed by atoms with Crippen molar-refractivity contribution in [1.29, 1.82) is 0 Å². The Hall–Kier alpha value is -2.79. The molecule has 0 aromatic carbocycles. The van der Waals surface area contributed by atoms with Crippen LogP contribution in [0.4, 0.5) is 15.1 Å². The molecule has 158 valence electrons. The van der Waals surface area contributed by atoms with E-state index in [9.17, 15) is 14.0 Å². The van der Waals surface area contributed by atoms with E-state index >= 15 is 0 Å². The summed E-state index contributed by atoms with van der Waals surface area (Å²) < 4.78 is 17.6. The number of aliphatic imine (C=N–C) groups is 1. The maximum atomic E-state index is 13.0. The standard InChI is InChI=1S/C16H29FN8O3/c1-15(2,3)28-14(27)20-16(4,8-6-7-9-19-11(18)10-17)12(26)25(5)13-21-23-24-22-13/h6-10H2,1-5H3,(H2,18,19)(H,20,27)(H,21,22,23,24). The topological polar surface area (TPSA) is 151 Å². The third-order valence-electron chi connectivity index (χ3n) is 3.72. The van der Waals surface area contributed by atoms with Gasteiger partial charge in [-0.2, -0.15) is 5.21 Å². The van der Waals surface area contributed by atoms with Crippen molar-refractivity contribution in [2.75, 3.05) is 25.2 Å². The fourth-order valence-electron chi connectivity index (χ4n) is 2.37. The Morgan fingerprint density at radius 1 is 1.32 bits per heavy atom. The summed E-state index contributed by atoms with van der Waals surface area (Å²) >= 11 is 0. The van der Waals surface area contributed by atoms with E-state index in [4.69, 9.17) is 10.5 Å². The predicted octanol–water partition coefficient (Wildman–Crippen LogP) is 0.943. The van der Waals surface area contributed by atoms with Crippen molar-refractivity contribution in [3.8, 4) is 0 Å². The van der Waals surface area contributed by atoms with E-state index in [2.05, 4.69) is 30.9 Å². The molecule has 0 saturated carbocycles. The Kier molecular flexibility index (Phi) is 8.26. The van der Waals surface area contributed by atoms with Crippen LogP contribution in [0.1, 0.15) is 47.0 Å². The van der Waals surface area contributed by atoms with Gasteiger partial charge >= 0.3 is 6.09 Å². The second-order valence-electron chi connectivity index (χ2n) is 7.50. The molecule has 1 rings (SSSR count). The van der Waals surface area contributed by atoms with Crippen LogP contribution in [-0.4, -0.2) is 69.9 Å². The van der Waals surface area contributed by atoms with Crippen LogP contribution in [-0.2, 0) is 9.53 Å². The van der Waals surface area contributed by atoms with Gasteiger partial charge in [-0.15, -0.1) is 5.10 Å². The highest BCUT2D eigenvalue weighted by atomic mass is 19.1. The van der Waals surface area contributed by atoms with Crippen LogP contribution < -0.4 is 16.0 Å². The Balaban J connectivity index is 2.86. The van der Waals surface area contributed by atoms with Gasteiger partial charge in [0.2, 0.25) is 0 Å². The van der Waals surface area contributed by atoms with E-state index in [-0.39, 0.29) is 18.2 Å². The van der Waals surface area contributed by atoms with Gasteiger partial charge in [0.25, 0.3) is 11.9 Å². The minimum absolute atomic E-state index is 0.0671. The summed E-state index contributed by atoms with van der Waals surface area (Å²) in [5, 5.41) is 15.9. The van der Waals surface area contributed by atoms with E-state index in [0.29, 0.717) is 19.4 Å². The molecule has 0 radical (unpaired) electrons. The first-order chi connectivity index (χ1) is 13.0. The van der Waals surface area contributed by atoms with Crippen molar-refractivity contribution in [2.45, 2.75) is 58.1 Å². The first-order valence-electron chi connectivity index (χ1n) is 8.86. The van der Waals surface area contributed by atoms with Gasteiger partial charge in [-0.05, 0) is 52.2 Å². The number of nitrogens with zero attached hydrogens (tertiary/aromatic N) is 5. The van der Waals surface area contributed by atoms with E-state index in [1.807, 2.05) is 0 Å². The number of aromatic nitrogens is 4. The number of hydrogen-bond acceptors (Lipinski definition) is 7. The lowest BCUT2D eigenvalue weighted by Gasteiger charge is -2.33. The number of carbonyl (C=O) groups excluding carboxylic acids is 2. The average Bonchev–Trinajstić information content (AvgIpc) is 3.12. The number of aromatic amines is 1. The number of alkyl carbamates (subject to hydrolysis) is 1. The minimum Gasteiger partial charge on any atom is -0.444 e. The molecule has 0 aliphatic carbocycles. The lowest BCUT2D eigenvalue weighted by molar-refractivity contribution is -0.124. The summed E-state index contributed by atoms with van der Waals surface area (Å²) in [5.41, 5.74) is 3.32. The maximum Gasteiger partial charge on any atom is 0.408 e. The highest BCUT2D eigenvalue weighted by Crippen LogP contribution is 2.20. The molecule has 1 atom stereocenters. The number of unbranched alkanes of at least 4 members (excludes halogenated alkanes) is 1. The largest absolute Gasteiger partial charge is 0.444 e. The molecule has 1 heterocycles. The van der Waals surface area contributed by atoms with Crippen molar-refractivity contribution < 1.29 is 18.7 Å². The van der Waals surface area contributed by atoms with Crippen LogP contribution in [0.3, 0.4) is 0 Å². The van der Waals surface area contributed by atoms with Crippen LogP contribution >= 0.6 is 0 Å². The minimum atomic E-state index is -1.28. The smallest absolute Gasteiger partial charge is 0.408 e. The molecule has 0 fully saturated rings. The number of nitrogens with one attached hydrogen (secondary N) is 2. The maximum absolute atomic E-state index is 13.0. The summed E-state index contributed by atoms with van der Waals surface area (Å²) in [6.07, 6.45) is 0.662. The number of tetrazole rings is 1. The van der Waals surface area contributed by atoms with Crippen LogP contribution in [0.25, 0.3) is 0 Å².